The van der Waals surface area contributed by atoms with E-state index in [0.717, 1.165) is 18.3 Å². The van der Waals surface area contributed by atoms with Gasteiger partial charge < -0.3 is 0 Å². The first-order chi connectivity index (χ1) is 7.29. The number of nitrogens with zero attached hydrogens (tertiary/aromatic N) is 3. The Kier molecular flexibility index (Phi) is 3.54. The molecule has 1 aromatic heterocycles. The van der Waals surface area contributed by atoms with Crippen molar-refractivity contribution in [2.45, 2.75) is 38.8 Å². The quantitative estimate of drug-likeness (QED) is 0.792. The number of hydrogen-bond acceptors (Lipinski definition) is 3. The first kappa shape index (κ1) is 10.8. The van der Waals surface area contributed by atoms with Gasteiger partial charge in [0, 0.05) is 12.6 Å². The van der Waals surface area contributed by atoms with E-state index in [4.69, 9.17) is 11.6 Å². The van der Waals surface area contributed by atoms with Crippen LogP contribution in [0.25, 0.3) is 0 Å². The van der Waals surface area contributed by atoms with Gasteiger partial charge in [-0.3, -0.25) is 4.90 Å². The van der Waals surface area contributed by atoms with E-state index < -0.39 is 0 Å². The maximum atomic E-state index is 5.70. The van der Waals surface area contributed by atoms with E-state index in [-0.39, 0.29) is 0 Å². The smallest absolute Gasteiger partial charge is 0.151 e. The molecule has 1 fully saturated rings. The minimum absolute atomic E-state index is 0.465. The van der Waals surface area contributed by atoms with Crippen molar-refractivity contribution < 1.29 is 0 Å². The number of aromatic nitrogens is 2. The average molecular weight is 226 g/mol. The molecule has 4 heteroatoms. The van der Waals surface area contributed by atoms with E-state index in [1.165, 1.54) is 25.8 Å². The molecule has 0 amide bonds. The highest BCUT2D eigenvalue weighted by Crippen LogP contribution is 2.21. The van der Waals surface area contributed by atoms with Crippen LogP contribution in [0.2, 0.25) is 5.15 Å². The van der Waals surface area contributed by atoms with Crippen LogP contribution in [-0.2, 0) is 6.54 Å². The maximum Gasteiger partial charge on any atom is 0.151 e. The molecule has 0 aliphatic carbocycles. The summed E-state index contributed by atoms with van der Waals surface area (Å²) in [5, 5.41) is 8.41. The molecule has 3 nitrogen and oxygen atoms in total. The van der Waals surface area contributed by atoms with Gasteiger partial charge in [-0.05, 0) is 37.9 Å². The van der Waals surface area contributed by atoms with Crippen molar-refractivity contribution in [1.29, 1.82) is 0 Å². The van der Waals surface area contributed by atoms with Gasteiger partial charge in [-0.25, -0.2) is 0 Å². The highest BCUT2D eigenvalue weighted by Gasteiger charge is 2.22. The highest BCUT2D eigenvalue weighted by molar-refractivity contribution is 6.29. The van der Waals surface area contributed by atoms with E-state index in [1.54, 1.807) is 6.07 Å². The third-order valence-corrected chi connectivity index (χ3v) is 3.22. The van der Waals surface area contributed by atoms with Crippen molar-refractivity contribution in [3.8, 4) is 0 Å². The van der Waals surface area contributed by atoms with Gasteiger partial charge >= 0.3 is 0 Å². The molecule has 0 saturated carbocycles. The van der Waals surface area contributed by atoms with Crippen LogP contribution in [0.3, 0.4) is 0 Å². The first-order valence-electron chi connectivity index (χ1n) is 5.51. The molecule has 1 aromatic rings. The van der Waals surface area contributed by atoms with E-state index in [2.05, 4.69) is 22.0 Å². The first-order valence-corrected chi connectivity index (χ1v) is 5.89. The summed E-state index contributed by atoms with van der Waals surface area (Å²) < 4.78 is 0. The van der Waals surface area contributed by atoms with Crippen LogP contribution < -0.4 is 0 Å². The largest absolute Gasteiger partial charge is 0.295 e. The summed E-state index contributed by atoms with van der Waals surface area (Å²) in [7, 11) is 0. The second kappa shape index (κ2) is 4.90. The molecule has 0 bridgehead atoms. The van der Waals surface area contributed by atoms with Crippen LogP contribution in [0.1, 0.15) is 31.9 Å². The van der Waals surface area contributed by atoms with Gasteiger partial charge in [0.2, 0.25) is 0 Å². The molecule has 2 rings (SSSR count). The predicted molar refractivity (Wildman–Crippen MR) is 60.8 cm³/mol. The molecule has 1 unspecified atom stereocenters. The molecule has 1 atom stereocenters. The molecule has 1 aliphatic rings. The molecule has 82 valence electrons. The van der Waals surface area contributed by atoms with Gasteiger partial charge in [0.15, 0.2) is 5.15 Å². The SMILES string of the molecule is CCC1CCCN1Cc1ccc(Cl)nn1. The topological polar surface area (TPSA) is 29.0 Å². The molecule has 0 aromatic carbocycles. The lowest BCUT2D eigenvalue weighted by Crippen LogP contribution is -2.28. The summed E-state index contributed by atoms with van der Waals surface area (Å²) in [4.78, 5) is 2.48. The van der Waals surface area contributed by atoms with Crippen LogP contribution in [0.5, 0.6) is 0 Å². The zero-order valence-corrected chi connectivity index (χ0v) is 9.74. The van der Waals surface area contributed by atoms with Crippen molar-refractivity contribution in [3.05, 3.63) is 23.0 Å². The fraction of sp³-hybridized carbons (Fsp3) is 0.636. The Bertz CT molecular complexity index is 312. The summed E-state index contributed by atoms with van der Waals surface area (Å²) in [5.41, 5.74) is 1.01. The van der Waals surface area contributed by atoms with Gasteiger partial charge in [-0.15, -0.1) is 5.10 Å². The molecule has 1 aliphatic heterocycles. The molecule has 0 radical (unpaired) electrons. The molecule has 0 spiro atoms. The Labute approximate surface area is 95.5 Å². The van der Waals surface area contributed by atoms with Gasteiger partial charge in [0.05, 0.1) is 5.69 Å². The van der Waals surface area contributed by atoms with Gasteiger partial charge in [-0.2, -0.15) is 5.10 Å². The molecular weight excluding hydrogens is 210 g/mol. The molecule has 0 N–H and O–H groups in total. The van der Waals surface area contributed by atoms with Crippen molar-refractivity contribution in [2.24, 2.45) is 0 Å². The number of rotatable bonds is 3. The predicted octanol–water partition coefficient (Wildman–Crippen LogP) is 2.50. The molecule has 1 saturated heterocycles. The third-order valence-electron chi connectivity index (χ3n) is 3.02. The molecular formula is C11H16ClN3. The Morgan fingerprint density at radius 1 is 1.47 bits per heavy atom. The van der Waals surface area contributed by atoms with Crippen LogP contribution in [0.4, 0.5) is 0 Å². The highest BCUT2D eigenvalue weighted by atomic mass is 35.5. The van der Waals surface area contributed by atoms with Crippen molar-refractivity contribution in [2.75, 3.05) is 6.54 Å². The minimum atomic E-state index is 0.465. The Hall–Kier alpha value is -0.670. The standard InChI is InChI=1S/C11H16ClN3/c1-2-10-4-3-7-15(10)8-9-5-6-11(12)14-13-9/h5-6,10H,2-4,7-8H2,1H3. The second-order valence-corrected chi connectivity index (χ2v) is 4.41. The minimum Gasteiger partial charge on any atom is -0.295 e. The third kappa shape index (κ3) is 2.67. The van der Waals surface area contributed by atoms with E-state index in [0.29, 0.717) is 5.15 Å². The molecule has 15 heavy (non-hydrogen) atoms. The number of halogens is 1. The van der Waals surface area contributed by atoms with Crippen LogP contribution >= 0.6 is 11.6 Å². The van der Waals surface area contributed by atoms with Gasteiger partial charge in [0.25, 0.3) is 0 Å². The summed E-state index contributed by atoms with van der Waals surface area (Å²) in [6.07, 6.45) is 3.85. The monoisotopic (exact) mass is 225 g/mol. The van der Waals surface area contributed by atoms with Crippen molar-refractivity contribution in [3.63, 3.8) is 0 Å². The van der Waals surface area contributed by atoms with Gasteiger partial charge in [-0.1, -0.05) is 18.5 Å². The Morgan fingerprint density at radius 3 is 3.00 bits per heavy atom. The Balaban J connectivity index is 1.99. The number of likely N-dealkylation sites (tertiary alicyclic amines) is 1. The van der Waals surface area contributed by atoms with E-state index in [9.17, 15) is 0 Å². The van der Waals surface area contributed by atoms with Gasteiger partial charge in [0.1, 0.15) is 0 Å². The van der Waals surface area contributed by atoms with Crippen LogP contribution in [0, 0.1) is 0 Å². The summed E-state index contributed by atoms with van der Waals surface area (Å²) in [6, 6.07) is 4.49. The van der Waals surface area contributed by atoms with Crippen LogP contribution in [-0.4, -0.2) is 27.7 Å². The lowest BCUT2D eigenvalue weighted by atomic mass is 10.2. The summed E-state index contributed by atoms with van der Waals surface area (Å²) in [5.74, 6) is 0. The van der Waals surface area contributed by atoms with E-state index >= 15 is 0 Å². The number of hydrogen-bond donors (Lipinski definition) is 0. The van der Waals surface area contributed by atoms with Crippen molar-refractivity contribution in [1.82, 2.24) is 15.1 Å². The fourth-order valence-electron chi connectivity index (χ4n) is 2.20. The maximum absolute atomic E-state index is 5.70. The average Bonchev–Trinajstić information content (AvgIpc) is 2.69. The normalized spacial score (nSPS) is 22.1. The fourth-order valence-corrected chi connectivity index (χ4v) is 2.30. The lowest BCUT2D eigenvalue weighted by molar-refractivity contribution is 0.236. The second-order valence-electron chi connectivity index (χ2n) is 4.02. The molecule has 2 heterocycles. The van der Waals surface area contributed by atoms with Crippen molar-refractivity contribution >= 4 is 11.6 Å². The van der Waals surface area contributed by atoms with E-state index in [1.807, 2.05) is 6.07 Å². The zero-order chi connectivity index (χ0) is 10.7. The summed E-state index contributed by atoms with van der Waals surface area (Å²) >= 11 is 5.70. The zero-order valence-electron chi connectivity index (χ0n) is 8.99. The Morgan fingerprint density at radius 2 is 2.33 bits per heavy atom. The van der Waals surface area contributed by atoms with Crippen LogP contribution in [0.15, 0.2) is 12.1 Å². The summed E-state index contributed by atoms with van der Waals surface area (Å²) in [6.45, 7) is 4.34. The lowest BCUT2D eigenvalue weighted by Gasteiger charge is -2.22.